The van der Waals surface area contributed by atoms with Gasteiger partial charge in [-0.1, -0.05) is 19.9 Å². The summed E-state index contributed by atoms with van der Waals surface area (Å²) in [6.07, 6.45) is 1.39. The third-order valence-corrected chi connectivity index (χ3v) is 4.87. The largest absolute Gasteiger partial charge is 0.481 e. The molecule has 0 spiro atoms. The van der Waals surface area contributed by atoms with Crippen LogP contribution in [0.25, 0.3) is 0 Å². The lowest BCUT2D eigenvalue weighted by molar-refractivity contribution is -0.140. The Morgan fingerprint density at radius 3 is 2.61 bits per heavy atom. The molecule has 1 saturated carbocycles. The van der Waals surface area contributed by atoms with Crippen LogP contribution in [-0.2, 0) is 14.4 Å². The first-order valence-electron chi connectivity index (χ1n) is 7.76. The molecular formula is C17H20N2O4. The first-order valence-corrected chi connectivity index (χ1v) is 7.76. The number of carbonyl (C=O) groups is 3. The molecule has 0 radical (unpaired) electrons. The van der Waals surface area contributed by atoms with E-state index in [4.69, 9.17) is 5.11 Å². The van der Waals surface area contributed by atoms with Gasteiger partial charge in [0.15, 0.2) is 0 Å². The van der Waals surface area contributed by atoms with Gasteiger partial charge in [-0.2, -0.15) is 0 Å². The number of rotatable bonds is 4. The van der Waals surface area contributed by atoms with Gasteiger partial charge in [-0.05, 0) is 30.0 Å². The van der Waals surface area contributed by atoms with Crippen molar-refractivity contribution in [3.05, 3.63) is 24.3 Å². The van der Waals surface area contributed by atoms with Gasteiger partial charge in [0.1, 0.15) is 0 Å². The van der Waals surface area contributed by atoms with Crippen molar-refractivity contribution in [2.24, 2.45) is 17.3 Å². The van der Waals surface area contributed by atoms with E-state index < -0.39 is 23.2 Å². The molecule has 2 amide bonds. The molecule has 2 fully saturated rings. The lowest BCUT2D eigenvalue weighted by Gasteiger charge is -2.17. The molecule has 0 aromatic heterocycles. The van der Waals surface area contributed by atoms with Crippen LogP contribution in [0.3, 0.4) is 0 Å². The van der Waals surface area contributed by atoms with Crippen molar-refractivity contribution in [1.29, 1.82) is 0 Å². The summed E-state index contributed by atoms with van der Waals surface area (Å²) in [6.45, 7) is 4.26. The predicted molar refractivity (Wildman–Crippen MR) is 85.1 cm³/mol. The maximum atomic E-state index is 12.3. The SMILES string of the molecule is CC1(C)[C@@H](C(=O)O)[C@@H]1C(=O)Nc1cccc(N2CCCC2=O)c1. The molecule has 1 aliphatic carbocycles. The van der Waals surface area contributed by atoms with E-state index in [1.807, 2.05) is 6.07 Å². The molecule has 1 heterocycles. The molecule has 2 aliphatic rings. The first-order chi connectivity index (χ1) is 10.8. The number of benzene rings is 1. The molecule has 2 N–H and O–H groups in total. The number of carboxylic acids is 1. The Morgan fingerprint density at radius 2 is 2.04 bits per heavy atom. The highest BCUT2D eigenvalue weighted by molar-refractivity contribution is 6.01. The molecule has 6 heteroatoms. The van der Waals surface area contributed by atoms with Crippen molar-refractivity contribution in [1.82, 2.24) is 0 Å². The molecule has 122 valence electrons. The second-order valence-electron chi connectivity index (χ2n) is 6.80. The molecule has 6 nitrogen and oxygen atoms in total. The fourth-order valence-corrected chi connectivity index (χ4v) is 3.48. The van der Waals surface area contributed by atoms with Crippen LogP contribution >= 0.6 is 0 Å². The number of hydrogen-bond acceptors (Lipinski definition) is 3. The standard InChI is InChI=1S/C17H20N2O4/c1-17(2)13(14(17)16(22)23)15(21)18-10-5-3-6-11(9-10)19-8-4-7-12(19)20/h3,5-6,9,13-14H,4,7-8H2,1-2H3,(H,18,21)(H,22,23)/t13-,14-/m1/s1. The smallest absolute Gasteiger partial charge is 0.307 e. The number of hydrogen-bond donors (Lipinski definition) is 2. The Labute approximate surface area is 134 Å². The summed E-state index contributed by atoms with van der Waals surface area (Å²) in [6, 6.07) is 7.11. The maximum Gasteiger partial charge on any atom is 0.307 e. The van der Waals surface area contributed by atoms with Crippen LogP contribution in [-0.4, -0.2) is 29.4 Å². The van der Waals surface area contributed by atoms with E-state index in [-0.39, 0.29) is 11.8 Å². The van der Waals surface area contributed by atoms with Crippen LogP contribution in [0.2, 0.25) is 0 Å². The van der Waals surface area contributed by atoms with Gasteiger partial charge >= 0.3 is 5.97 Å². The minimum Gasteiger partial charge on any atom is -0.481 e. The number of nitrogens with one attached hydrogen (secondary N) is 1. The topological polar surface area (TPSA) is 86.7 Å². The van der Waals surface area contributed by atoms with Crippen molar-refractivity contribution in [2.45, 2.75) is 26.7 Å². The fraction of sp³-hybridized carbons (Fsp3) is 0.471. The second-order valence-corrected chi connectivity index (χ2v) is 6.80. The van der Waals surface area contributed by atoms with Gasteiger partial charge in [-0.3, -0.25) is 14.4 Å². The van der Waals surface area contributed by atoms with Crippen LogP contribution in [0, 0.1) is 17.3 Å². The van der Waals surface area contributed by atoms with Gasteiger partial charge in [-0.15, -0.1) is 0 Å². The normalized spacial score (nSPS) is 25.3. The molecule has 1 aromatic carbocycles. The number of anilines is 2. The summed E-state index contributed by atoms with van der Waals surface area (Å²) in [5, 5.41) is 11.9. The Morgan fingerprint density at radius 1 is 1.30 bits per heavy atom. The van der Waals surface area contributed by atoms with Crippen LogP contribution in [0.4, 0.5) is 11.4 Å². The zero-order valence-electron chi connectivity index (χ0n) is 13.2. The van der Waals surface area contributed by atoms with E-state index in [9.17, 15) is 14.4 Å². The summed E-state index contributed by atoms with van der Waals surface area (Å²) < 4.78 is 0. The quantitative estimate of drug-likeness (QED) is 0.890. The molecule has 0 unspecified atom stereocenters. The van der Waals surface area contributed by atoms with E-state index in [2.05, 4.69) is 5.32 Å². The Kier molecular flexibility index (Phi) is 3.62. The van der Waals surface area contributed by atoms with Crippen LogP contribution < -0.4 is 10.2 Å². The van der Waals surface area contributed by atoms with Crippen molar-refractivity contribution >= 4 is 29.2 Å². The van der Waals surface area contributed by atoms with Crippen LogP contribution in [0.15, 0.2) is 24.3 Å². The number of carboxylic acid groups (broad SMARTS) is 1. The molecule has 3 rings (SSSR count). The van der Waals surface area contributed by atoms with Crippen molar-refractivity contribution in [3.8, 4) is 0 Å². The molecular weight excluding hydrogens is 296 g/mol. The van der Waals surface area contributed by atoms with Crippen molar-refractivity contribution < 1.29 is 19.5 Å². The van der Waals surface area contributed by atoms with Gasteiger partial charge in [0.05, 0.1) is 11.8 Å². The fourth-order valence-electron chi connectivity index (χ4n) is 3.48. The summed E-state index contributed by atoms with van der Waals surface area (Å²) in [5.41, 5.74) is 0.813. The third-order valence-electron chi connectivity index (χ3n) is 4.87. The minimum atomic E-state index is -0.938. The second kappa shape index (κ2) is 5.37. The predicted octanol–water partition coefficient (Wildman–Crippen LogP) is 2.11. The summed E-state index contributed by atoms with van der Waals surface area (Å²) in [7, 11) is 0. The molecule has 1 aromatic rings. The molecule has 1 saturated heterocycles. The summed E-state index contributed by atoms with van der Waals surface area (Å²) in [4.78, 5) is 37.0. The Bertz CT molecular complexity index is 683. The highest BCUT2D eigenvalue weighted by Crippen LogP contribution is 2.58. The van der Waals surface area contributed by atoms with E-state index in [0.717, 1.165) is 12.1 Å². The van der Waals surface area contributed by atoms with Crippen LogP contribution in [0.1, 0.15) is 26.7 Å². The molecule has 23 heavy (non-hydrogen) atoms. The average Bonchev–Trinajstić information content (AvgIpc) is 2.83. The highest BCUT2D eigenvalue weighted by atomic mass is 16.4. The Balaban J connectivity index is 1.73. The zero-order chi connectivity index (χ0) is 16.8. The summed E-state index contributed by atoms with van der Waals surface area (Å²) in [5.74, 6) is -2.32. The van der Waals surface area contributed by atoms with Gasteiger partial charge in [-0.25, -0.2) is 0 Å². The van der Waals surface area contributed by atoms with Gasteiger partial charge in [0.25, 0.3) is 0 Å². The van der Waals surface area contributed by atoms with Crippen molar-refractivity contribution in [2.75, 3.05) is 16.8 Å². The number of amides is 2. The lowest BCUT2D eigenvalue weighted by Crippen LogP contribution is -2.24. The highest BCUT2D eigenvalue weighted by Gasteiger charge is 2.65. The van der Waals surface area contributed by atoms with E-state index in [1.165, 1.54) is 0 Å². The lowest BCUT2D eigenvalue weighted by atomic mass is 10.1. The molecule has 2 atom stereocenters. The van der Waals surface area contributed by atoms with Gasteiger partial charge in [0, 0.05) is 24.3 Å². The first kappa shape index (κ1) is 15.5. The number of carbonyl (C=O) groups excluding carboxylic acids is 2. The molecule has 0 bridgehead atoms. The van der Waals surface area contributed by atoms with E-state index in [0.29, 0.717) is 18.7 Å². The van der Waals surface area contributed by atoms with E-state index >= 15 is 0 Å². The zero-order valence-corrected chi connectivity index (χ0v) is 13.2. The average molecular weight is 316 g/mol. The van der Waals surface area contributed by atoms with Gasteiger partial charge in [0.2, 0.25) is 11.8 Å². The monoisotopic (exact) mass is 316 g/mol. The Hall–Kier alpha value is -2.37. The summed E-state index contributed by atoms with van der Waals surface area (Å²) >= 11 is 0. The van der Waals surface area contributed by atoms with E-state index in [1.54, 1.807) is 36.9 Å². The maximum absolute atomic E-state index is 12.3. The van der Waals surface area contributed by atoms with Crippen molar-refractivity contribution in [3.63, 3.8) is 0 Å². The minimum absolute atomic E-state index is 0.0859. The number of nitrogens with zero attached hydrogens (tertiary/aromatic N) is 1. The van der Waals surface area contributed by atoms with Gasteiger partial charge < -0.3 is 15.3 Å². The molecule has 1 aliphatic heterocycles. The van der Waals surface area contributed by atoms with Crippen LogP contribution in [0.5, 0.6) is 0 Å². The number of aliphatic carboxylic acids is 1. The third kappa shape index (κ3) is 2.69.